The number of carbonyl (C=O) groups excluding carboxylic acids is 1. The van der Waals surface area contributed by atoms with Gasteiger partial charge in [0.25, 0.3) is 11.5 Å². The molecule has 1 atom stereocenters. The van der Waals surface area contributed by atoms with Crippen LogP contribution in [0, 0.1) is 19.8 Å². The summed E-state index contributed by atoms with van der Waals surface area (Å²) in [6, 6.07) is 12.1. The number of aryl methyl sites for hydroxylation is 1. The Morgan fingerprint density at radius 1 is 1.21 bits per heavy atom. The Hall–Kier alpha value is -3.98. The molecule has 9 heteroatoms. The maximum absolute atomic E-state index is 13.6. The lowest BCUT2D eigenvalue weighted by atomic mass is 9.90. The van der Waals surface area contributed by atoms with E-state index < -0.39 is 0 Å². The smallest absolute Gasteiger partial charge is 0.256 e. The first-order valence-electron chi connectivity index (χ1n) is 13.5. The Balaban J connectivity index is 1.35. The molecule has 2 N–H and O–H groups in total. The molecule has 39 heavy (non-hydrogen) atoms. The highest BCUT2D eigenvalue weighted by molar-refractivity contribution is 6.08. The quantitative estimate of drug-likeness (QED) is 0.356. The van der Waals surface area contributed by atoms with E-state index >= 15 is 0 Å². The highest BCUT2D eigenvalue weighted by atomic mass is 16.5. The standard InChI is InChI=1S/C30H36N6O3/c1-19-15-27(39-4)25(29(37)34-19)16-32-30(38)28-21(3)36(26-8-6-5-7-24(26)28)20(2)22-10-13-35(14-11-22)17-23-9-12-31-18-33-23/h5-9,12,15,18,20,22H,10-11,13-14,16-17H2,1-4H3,(H,32,38)(H,34,37). The summed E-state index contributed by atoms with van der Waals surface area (Å²) in [4.78, 5) is 39.7. The third kappa shape index (κ3) is 5.45. The van der Waals surface area contributed by atoms with Crippen molar-refractivity contribution in [3.63, 3.8) is 0 Å². The summed E-state index contributed by atoms with van der Waals surface area (Å²) >= 11 is 0. The largest absolute Gasteiger partial charge is 0.496 e. The van der Waals surface area contributed by atoms with E-state index in [1.165, 1.54) is 7.11 Å². The van der Waals surface area contributed by atoms with Gasteiger partial charge in [-0.15, -0.1) is 0 Å². The number of pyridine rings is 1. The maximum atomic E-state index is 13.6. The summed E-state index contributed by atoms with van der Waals surface area (Å²) in [5, 5.41) is 3.90. The van der Waals surface area contributed by atoms with Crippen LogP contribution in [-0.4, -0.2) is 50.5 Å². The number of para-hydroxylation sites is 1. The number of likely N-dealkylation sites (tertiary alicyclic amines) is 1. The molecule has 0 spiro atoms. The minimum absolute atomic E-state index is 0.0803. The number of methoxy groups -OCH3 is 1. The van der Waals surface area contributed by atoms with E-state index in [1.54, 1.807) is 25.5 Å². The number of amides is 1. The van der Waals surface area contributed by atoms with Gasteiger partial charge in [0.15, 0.2) is 0 Å². The molecule has 4 heterocycles. The van der Waals surface area contributed by atoms with Gasteiger partial charge in [0.05, 0.1) is 30.5 Å². The van der Waals surface area contributed by atoms with Crippen LogP contribution in [0.1, 0.15) is 58.8 Å². The molecule has 5 rings (SSSR count). The van der Waals surface area contributed by atoms with Gasteiger partial charge in [0, 0.05) is 41.1 Å². The number of nitrogens with one attached hydrogen (secondary N) is 2. The Morgan fingerprint density at radius 3 is 2.69 bits per heavy atom. The SMILES string of the molecule is COc1cc(C)[nH]c(=O)c1CNC(=O)c1c(C)n(C(C)C2CCN(Cc3ccncn3)CC2)c2ccccc12. The van der Waals surface area contributed by atoms with Crippen molar-refractivity contribution in [2.75, 3.05) is 20.2 Å². The fraction of sp³-hybridized carbons (Fsp3) is 0.400. The molecule has 1 unspecified atom stereocenters. The van der Waals surface area contributed by atoms with Crippen LogP contribution in [0.2, 0.25) is 0 Å². The first-order chi connectivity index (χ1) is 18.9. The molecule has 3 aromatic heterocycles. The number of aromatic amines is 1. The van der Waals surface area contributed by atoms with E-state index in [4.69, 9.17) is 4.74 Å². The van der Waals surface area contributed by atoms with Crippen molar-refractivity contribution in [1.82, 2.24) is 29.7 Å². The molecule has 4 aromatic rings. The number of hydrogen-bond donors (Lipinski definition) is 2. The predicted octanol–water partition coefficient (Wildman–Crippen LogP) is 4.15. The van der Waals surface area contributed by atoms with Crippen LogP contribution >= 0.6 is 0 Å². The molecule has 1 aliphatic rings. The fourth-order valence-electron chi connectivity index (χ4n) is 5.94. The second kappa shape index (κ2) is 11.4. The van der Waals surface area contributed by atoms with Gasteiger partial charge in [-0.25, -0.2) is 9.97 Å². The first-order valence-corrected chi connectivity index (χ1v) is 13.5. The van der Waals surface area contributed by atoms with Crippen LogP contribution in [0.3, 0.4) is 0 Å². The van der Waals surface area contributed by atoms with Crippen molar-refractivity contribution in [1.29, 1.82) is 0 Å². The van der Waals surface area contributed by atoms with Crippen LogP contribution in [-0.2, 0) is 13.1 Å². The van der Waals surface area contributed by atoms with Gasteiger partial charge in [-0.1, -0.05) is 18.2 Å². The van der Waals surface area contributed by atoms with Crippen LogP contribution < -0.4 is 15.6 Å². The molecule has 1 saturated heterocycles. The van der Waals surface area contributed by atoms with Gasteiger partial charge in [-0.3, -0.25) is 14.5 Å². The number of rotatable bonds is 8. The minimum atomic E-state index is -0.258. The van der Waals surface area contributed by atoms with E-state index in [-0.39, 0.29) is 24.1 Å². The Kier molecular flexibility index (Phi) is 7.79. The molecule has 0 saturated carbocycles. The second-order valence-corrected chi connectivity index (χ2v) is 10.4. The van der Waals surface area contributed by atoms with E-state index in [1.807, 2.05) is 31.2 Å². The Bertz CT molecular complexity index is 1520. The number of ether oxygens (including phenoxy) is 1. The van der Waals surface area contributed by atoms with Crippen LogP contribution in [0.5, 0.6) is 5.75 Å². The van der Waals surface area contributed by atoms with Crippen molar-refractivity contribution in [3.8, 4) is 5.75 Å². The van der Waals surface area contributed by atoms with Crippen LogP contribution in [0.15, 0.2) is 53.7 Å². The zero-order valence-electron chi connectivity index (χ0n) is 23.0. The number of carbonyl (C=O) groups is 1. The molecule has 1 aromatic carbocycles. The lowest BCUT2D eigenvalue weighted by molar-refractivity contribution is 0.0951. The van der Waals surface area contributed by atoms with Gasteiger partial charge < -0.3 is 19.6 Å². The topological polar surface area (TPSA) is 105 Å². The van der Waals surface area contributed by atoms with Gasteiger partial charge in [-0.2, -0.15) is 0 Å². The lowest BCUT2D eigenvalue weighted by Crippen LogP contribution is -2.36. The highest BCUT2D eigenvalue weighted by Gasteiger charge is 2.29. The van der Waals surface area contributed by atoms with Crippen molar-refractivity contribution in [3.05, 3.63) is 87.5 Å². The maximum Gasteiger partial charge on any atom is 0.256 e. The van der Waals surface area contributed by atoms with E-state index in [9.17, 15) is 9.59 Å². The highest BCUT2D eigenvalue weighted by Crippen LogP contribution is 2.36. The number of piperidine rings is 1. The van der Waals surface area contributed by atoms with Gasteiger partial charge in [-0.05, 0) is 70.8 Å². The molecule has 0 bridgehead atoms. The molecule has 1 aliphatic heterocycles. The minimum Gasteiger partial charge on any atom is -0.496 e. The molecule has 0 aliphatic carbocycles. The average Bonchev–Trinajstić information content (AvgIpc) is 3.24. The molecule has 204 valence electrons. The fourth-order valence-corrected chi connectivity index (χ4v) is 5.94. The number of H-pyrrole nitrogens is 1. The summed E-state index contributed by atoms with van der Waals surface area (Å²) in [5.74, 6) is 0.763. The molecule has 1 fully saturated rings. The number of fused-ring (bicyclic) bond motifs is 1. The predicted molar refractivity (Wildman–Crippen MR) is 151 cm³/mol. The van der Waals surface area contributed by atoms with E-state index in [2.05, 4.69) is 42.7 Å². The van der Waals surface area contributed by atoms with Gasteiger partial charge in [0.2, 0.25) is 0 Å². The monoisotopic (exact) mass is 528 g/mol. The molecule has 1 amide bonds. The Labute approximate surface area is 228 Å². The van der Waals surface area contributed by atoms with Crippen LogP contribution in [0.4, 0.5) is 0 Å². The van der Waals surface area contributed by atoms with Gasteiger partial charge in [0.1, 0.15) is 12.1 Å². The molecular weight excluding hydrogens is 492 g/mol. The number of hydrogen-bond acceptors (Lipinski definition) is 6. The lowest BCUT2D eigenvalue weighted by Gasteiger charge is -2.36. The number of aromatic nitrogens is 4. The first kappa shape index (κ1) is 26.6. The molecule has 0 radical (unpaired) electrons. The zero-order chi connectivity index (χ0) is 27.5. The summed E-state index contributed by atoms with van der Waals surface area (Å²) in [6.07, 6.45) is 5.55. The van der Waals surface area contributed by atoms with Crippen LogP contribution in [0.25, 0.3) is 10.9 Å². The van der Waals surface area contributed by atoms with E-state index in [0.29, 0.717) is 28.5 Å². The van der Waals surface area contributed by atoms with Gasteiger partial charge >= 0.3 is 0 Å². The summed E-state index contributed by atoms with van der Waals surface area (Å²) in [7, 11) is 1.53. The normalized spacial score (nSPS) is 15.4. The van der Waals surface area contributed by atoms with Crippen molar-refractivity contribution in [2.24, 2.45) is 5.92 Å². The average molecular weight is 529 g/mol. The summed E-state index contributed by atoms with van der Waals surface area (Å²) < 4.78 is 7.72. The van der Waals surface area contributed by atoms with Crippen molar-refractivity contribution >= 4 is 16.8 Å². The molecular formula is C30H36N6O3. The summed E-state index contributed by atoms with van der Waals surface area (Å²) in [5.41, 5.74) is 4.55. The van der Waals surface area contributed by atoms with Crippen molar-refractivity contribution < 1.29 is 9.53 Å². The third-order valence-electron chi connectivity index (χ3n) is 8.01. The van der Waals surface area contributed by atoms with Crippen molar-refractivity contribution in [2.45, 2.75) is 52.7 Å². The molecule has 9 nitrogen and oxygen atoms in total. The van der Waals surface area contributed by atoms with E-state index in [0.717, 1.165) is 54.8 Å². The second-order valence-electron chi connectivity index (χ2n) is 10.4. The summed E-state index contributed by atoms with van der Waals surface area (Å²) in [6.45, 7) is 9.03. The third-order valence-corrected chi connectivity index (χ3v) is 8.01. The Morgan fingerprint density at radius 2 is 1.97 bits per heavy atom. The number of benzene rings is 1. The number of nitrogens with zero attached hydrogens (tertiary/aromatic N) is 4. The zero-order valence-corrected chi connectivity index (χ0v) is 23.0.